The molecule has 1 amide bonds. The number of carbonyl (C=O) groups excluding carboxylic acids is 1. The van der Waals surface area contributed by atoms with Crippen LogP contribution in [-0.4, -0.2) is 18.0 Å². The van der Waals surface area contributed by atoms with Gasteiger partial charge in [-0.05, 0) is 30.2 Å². The molecule has 3 rings (SSSR count). The summed E-state index contributed by atoms with van der Waals surface area (Å²) >= 11 is 1.46. The van der Waals surface area contributed by atoms with Gasteiger partial charge in [-0.25, -0.2) is 4.98 Å². The SMILES string of the molecule is CCC(C(=O)Nc1nc2ccc(OC)cc2s1)c1ccccc1. The van der Waals surface area contributed by atoms with Crippen LogP contribution in [0, 0.1) is 0 Å². The van der Waals surface area contributed by atoms with Gasteiger partial charge in [-0.15, -0.1) is 0 Å². The number of aromatic nitrogens is 1. The molecule has 1 heterocycles. The van der Waals surface area contributed by atoms with E-state index in [4.69, 9.17) is 4.74 Å². The van der Waals surface area contributed by atoms with Gasteiger partial charge in [0.25, 0.3) is 0 Å². The summed E-state index contributed by atoms with van der Waals surface area (Å²) in [5.74, 6) is 0.595. The Kier molecular flexibility index (Phi) is 4.57. The van der Waals surface area contributed by atoms with Crippen molar-refractivity contribution in [2.75, 3.05) is 12.4 Å². The fourth-order valence-corrected chi connectivity index (χ4v) is 3.43. The molecule has 5 heteroatoms. The highest BCUT2D eigenvalue weighted by molar-refractivity contribution is 7.22. The quantitative estimate of drug-likeness (QED) is 0.754. The standard InChI is InChI=1S/C18H18N2O2S/c1-3-14(12-7-5-4-6-8-12)17(21)20-18-19-15-10-9-13(22-2)11-16(15)23-18/h4-11,14H,3H2,1-2H3,(H,19,20,21). The van der Waals surface area contributed by atoms with Gasteiger partial charge in [-0.2, -0.15) is 0 Å². The lowest BCUT2D eigenvalue weighted by molar-refractivity contribution is -0.117. The lowest BCUT2D eigenvalue weighted by Gasteiger charge is -2.13. The number of ether oxygens (including phenoxy) is 1. The van der Waals surface area contributed by atoms with Gasteiger partial charge in [-0.3, -0.25) is 4.79 Å². The Labute approximate surface area is 139 Å². The number of carbonyl (C=O) groups is 1. The Morgan fingerprint density at radius 1 is 1.26 bits per heavy atom. The van der Waals surface area contributed by atoms with Gasteiger partial charge < -0.3 is 10.1 Å². The zero-order valence-corrected chi connectivity index (χ0v) is 13.9. The fraction of sp³-hybridized carbons (Fsp3) is 0.222. The van der Waals surface area contributed by atoms with E-state index in [2.05, 4.69) is 10.3 Å². The van der Waals surface area contributed by atoms with Crippen LogP contribution in [0.25, 0.3) is 10.2 Å². The molecule has 0 saturated heterocycles. The molecule has 0 bridgehead atoms. The van der Waals surface area contributed by atoms with E-state index in [9.17, 15) is 4.79 Å². The van der Waals surface area contributed by atoms with Crippen LogP contribution in [0.2, 0.25) is 0 Å². The molecule has 118 valence electrons. The maximum Gasteiger partial charge on any atom is 0.233 e. The van der Waals surface area contributed by atoms with E-state index in [-0.39, 0.29) is 11.8 Å². The molecule has 0 aliphatic rings. The second kappa shape index (κ2) is 6.79. The van der Waals surface area contributed by atoms with E-state index >= 15 is 0 Å². The highest BCUT2D eigenvalue weighted by Crippen LogP contribution is 2.30. The van der Waals surface area contributed by atoms with Crippen LogP contribution in [0.3, 0.4) is 0 Å². The molecular weight excluding hydrogens is 308 g/mol. The highest BCUT2D eigenvalue weighted by Gasteiger charge is 2.19. The third-order valence-corrected chi connectivity index (χ3v) is 4.69. The molecule has 23 heavy (non-hydrogen) atoms. The number of nitrogens with one attached hydrogen (secondary N) is 1. The Bertz CT molecular complexity index is 814. The molecule has 0 aliphatic heterocycles. The van der Waals surface area contributed by atoms with Crippen molar-refractivity contribution < 1.29 is 9.53 Å². The number of benzene rings is 2. The molecule has 4 nitrogen and oxygen atoms in total. The summed E-state index contributed by atoms with van der Waals surface area (Å²) in [5, 5.41) is 3.56. The molecule has 1 aromatic heterocycles. The average Bonchev–Trinajstić information content (AvgIpc) is 2.97. The monoisotopic (exact) mass is 326 g/mol. The molecule has 1 unspecified atom stereocenters. The first-order chi connectivity index (χ1) is 11.2. The van der Waals surface area contributed by atoms with E-state index in [0.717, 1.165) is 28.0 Å². The number of thiazole rings is 1. The smallest absolute Gasteiger partial charge is 0.233 e. The van der Waals surface area contributed by atoms with Crippen molar-refractivity contribution in [1.82, 2.24) is 4.98 Å². The molecule has 0 radical (unpaired) electrons. The summed E-state index contributed by atoms with van der Waals surface area (Å²) in [6.45, 7) is 2.01. The second-order valence-electron chi connectivity index (χ2n) is 5.21. The molecule has 0 aliphatic carbocycles. The van der Waals surface area contributed by atoms with Gasteiger partial charge >= 0.3 is 0 Å². The van der Waals surface area contributed by atoms with Crippen molar-refractivity contribution in [3.63, 3.8) is 0 Å². The molecule has 0 spiro atoms. The number of fused-ring (bicyclic) bond motifs is 1. The number of rotatable bonds is 5. The highest BCUT2D eigenvalue weighted by atomic mass is 32.1. The van der Waals surface area contributed by atoms with Crippen LogP contribution in [0.1, 0.15) is 24.8 Å². The normalized spacial score (nSPS) is 12.1. The largest absolute Gasteiger partial charge is 0.497 e. The lowest BCUT2D eigenvalue weighted by atomic mass is 9.96. The van der Waals surface area contributed by atoms with Crippen molar-refractivity contribution in [3.8, 4) is 5.75 Å². The minimum Gasteiger partial charge on any atom is -0.497 e. The Morgan fingerprint density at radius 3 is 2.74 bits per heavy atom. The van der Waals surface area contributed by atoms with Crippen molar-refractivity contribution in [1.29, 1.82) is 0 Å². The first kappa shape index (κ1) is 15.5. The van der Waals surface area contributed by atoms with Gasteiger partial charge in [0, 0.05) is 0 Å². The predicted octanol–water partition coefficient (Wildman–Crippen LogP) is 4.44. The van der Waals surface area contributed by atoms with Crippen LogP contribution < -0.4 is 10.1 Å². The van der Waals surface area contributed by atoms with Gasteiger partial charge in [-0.1, -0.05) is 48.6 Å². The molecule has 0 fully saturated rings. The third kappa shape index (κ3) is 3.35. The maximum atomic E-state index is 12.6. The van der Waals surface area contributed by atoms with E-state index in [1.165, 1.54) is 11.3 Å². The summed E-state index contributed by atoms with van der Waals surface area (Å²) in [6, 6.07) is 15.5. The van der Waals surface area contributed by atoms with Gasteiger partial charge in [0.2, 0.25) is 5.91 Å². The van der Waals surface area contributed by atoms with E-state index < -0.39 is 0 Å². The summed E-state index contributed by atoms with van der Waals surface area (Å²) in [7, 11) is 1.64. The molecular formula is C18H18N2O2S. The van der Waals surface area contributed by atoms with Gasteiger partial charge in [0.05, 0.1) is 23.2 Å². The number of hydrogen-bond acceptors (Lipinski definition) is 4. The van der Waals surface area contributed by atoms with Crippen LogP contribution in [-0.2, 0) is 4.79 Å². The molecule has 1 N–H and O–H groups in total. The number of methoxy groups -OCH3 is 1. The molecule has 2 aromatic carbocycles. The van der Waals surface area contributed by atoms with Gasteiger partial charge in [0.15, 0.2) is 5.13 Å². The van der Waals surface area contributed by atoms with Crippen molar-refractivity contribution in [3.05, 3.63) is 54.1 Å². The number of nitrogens with zero attached hydrogens (tertiary/aromatic N) is 1. The Balaban J connectivity index is 1.81. The molecule has 0 saturated carbocycles. The number of amides is 1. The summed E-state index contributed by atoms with van der Waals surface area (Å²) < 4.78 is 6.21. The van der Waals surface area contributed by atoms with E-state index in [1.54, 1.807) is 7.11 Å². The molecule has 3 aromatic rings. The number of hydrogen-bond donors (Lipinski definition) is 1. The first-order valence-corrected chi connectivity index (χ1v) is 8.33. The summed E-state index contributed by atoms with van der Waals surface area (Å²) in [5.41, 5.74) is 1.88. The average molecular weight is 326 g/mol. The second-order valence-corrected chi connectivity index (χ2v) is 6.24. The fourth-order valence-electron chi connectivity index (χ4n) is 2.54. The summed E-state index contributed by atoms with van der Waals surface area (Å²) in [4.78, 5) is 17.0. The van der Waals surface area contributed by atoms with Crippen LogP contribution >= 0.6 is 11.3 Å². The third-order valence-electron chi connectivity index (χ3n) is 3.75. The van der Waals surface area contributed by atoms with Crippen molar-refractivity contribution in [2.45, 2.75) is 19.3 Å². The Hall–Kier alpha value is -2.40. The Morgan fingerprint density at radius 2 is 2.04 bits per heavy atom. The van der Waals surface area contributed by atoms with Crippen LogP contribution in [0.4, 0.5) is 5.13 Å². The van der Waals surface area contributed by atoms with Crippen molar-refractivity contribution >= 4 is 32.6 Å². The minimum atomic E-state index is -0.169. The summed E-state index contributed by atoms with van der Waals surface area (Å²) in [6.07, 6.45) is 0.745. The number of anilines is 1. The zero-order valence-electron chi connectivity index (χ0n) is 13.1. The van der Waals surface area contributed by atoms with Gasteiger partial charge in [0.1, 0.15) is 5.75 Å². The predicted molar refractivity (Wildman–Crippen MR) is 94.3 cm³/mol. The topological polar surface area (TPSA) is 51.2 Å². The maximum absolute atomic E-state index is 12.6. The van der Waals surface area contributed by atoms with Crippen molar-refractivity contribution in [2.24, 2.45) is 0 Å². The van der Waals surface area contributed by atoms with Crippen LogP contribution in [0.15, 0.2) is 48.5 Å². The van der Waals surface area contributed by atoms with E-state index in [1.807, 2.05) is 55.5 Å². The first-order valence-electron chi connectivity index (χ1n) is 7.51. The lowest BCUT2D eigenvalue weighted by Crippen LogP contribution is -2.20. The van der Waals surface area contributed by atoms with E-state index in [0.29, 0.717) is 5.13 Å². The minimum absolute atomic E-state index is 0.0234. The van der Waals surface area contributed by atoms with Crippen LogP contribution in [0.5, 0.6) is 5.75 Å². The molecule has 1 atom stereocenters. The zero-order chi connectivity index (χ0) is 16.2.